The molecule has 0 spiro atoms. The predicted octanol–water partition coefficient (Wildman–Crippen LogP) is 13.8. The van der Waals surface area contributed by atoms with Gasteiger partial charge in [-0.15, -0.1) is 0 Å². The zero-order valence-electron chi connectivity index (χ0n) is 30.4. The van der Waals surface area contributed by atoms with E-state index < -0.39 is 0 Å². The number of amidine groups is 1. The molecule has 0 amide bonds. The lowest BCUT2D eigenvalue weighted by molar-refractivity contribution is 0.533. The number of rotatable bonds is 6. The van der Waals surface area contributed by atoms with Crippen LogP contribution < -0.4 is 0 Å². The van der Waals surface area contributed by atoms with E-state index in [1.54, 1.807) is 0 Å². The fourth-order valence-corrected chi connectivity index (χ4v) is 8.93. The van der Waals surface area contributed by atoms with Crippen molar-refractivity contribution in [3.8, 4) is 22.3 Å². The Hall–Kier alpha value is -6.84. The van der Waals surface area contributed by atoms with Gasteiger partial charge in [-0.1, -0.05) is 153 Å². The van der Waals surface area contributed by atoms with Gasteiger partial charge in [-0.3, -0.25) is 4.99 Å². The third kappa shape index (κ3) is 5.19. The second kappa shape index (κ2) is 12.6. The minimum Gasteiger partial charge on any atom is -0.456 e. The summed E-state index contributed by atoms with van der Waals surface area (Å²) in [4.78, 5) is 10.7. The SMILES string of the molecule is CCC1C(c2ccccc2)=NC(c2ccc(-c3cccc(-c4cc5oc6cccc7c8ccccc8c(c4)c5c67)c3)cc2)=N[C@H]1c1ccc2ccccc2c1. The summed E-state index contributed by atoms with van der Waals surface area (Å²) in [7, 11) is 0. The van der Waals surface area contributed by atoms with Crippen LogP contribution in [-0.4, -0.2) is 11.5 Å². The highest BCUT2D eigenvalue weighted by atomic mass is 16.3. The number of nitrogens with zero attached hydrogens (tertiary/aromatic N) is 2. The zero-order chi connectivity index (χ0) is 36.5. The molecule has 0 N–H and O–H groups in total. The van der Waals surface area contributed by atoms with Crippen molar-refractivity contribution in [2.45, 2.75) is 19.4 Å². The highest BCUT2D eigenvalue weighted by Crippen LogP contribution is 2.44. The molecular formula is C52H36N2O. The molecule has 1 aliphatic heterocycles. The van der Waals surface area contributed by atoms with Gasteiger partial charge in [-0.2, -0.15) is 0 Å². The number of furan rings is 1. The minimum absolute atomic E-state index is 0.0402. The Kier molecular flexibility index (Phi) is 7.28. The van der Waals surface area contributed by atoms with Gasteiger partial charge in [0, 0.05) is 22.3 Å². The van der Waals surface area contributed by atoms with E-state index >= 15 is 0 Å². The average Bonchev–Trinajstić information content (AvgIpc) is 3.65. The first-order chi connectivity index (χ1) is 27.2. The smallest absolute Gasteiger partial charge is 0.155 e. The van der Waals surface area contributed by atoms with Gasteiger partial charge in [0.2, 0.25) is 0 Å². The largest absolute Gasteiger partial charge is 0.456 e. The van der Waals surface area contributed by atoms with Crippen LogP contribution in [0.15, 0.2) is 190 Å². The Balaban J connectivity index is 0.982. The summed E-state index contributed by atoms with van der Waals surface area (Å²) >= 11 is 0. The van der Waals surface area contributed by atoms with E-state index in [0.717, 1.165) is 62.5 Å². The Labute approximate surface area is 319 Å². The summed E-state index contributed by atoms with van der Waals surface area (Å²) in [5.41, 5.74) is 10.9. The standard InChI is InChI=1S/C52H36N2O/c1-2-41-50(34-13-4-3-5-14-34)53-52(54-51(41)39-27-24-32-12-6-7-15-36(32)29-39)35-25-22-33(23-26-35)37-16-10-17-38(28-37)40-30-45-43-19-9-8-18-42(43)44-20-11-21-46-48(44)49(45)47(31-40)55-46/h3-31,41,51H,2H2,1H3/t41?,51-/m0/s1. The number of benzene rings is 9. The summed E-state index contributed by atoms with van der Waals surface area (Å²) in [6, 6.07) is 63.2. The van der Waals surface area contributed by atoms with E-state index in [1.165, 1.54) is 48.7 Å². The summed E-state index contributed by atoms with van der Waals surface area (Å²) in [6.07, 6.45) is 0.940. The van der Waals surface area contributed by atoms with Gasteiger partial charge < -0.3 is 4.42 Å². The van der Waals surface area contributed by atoms with E-state index in [4.69, 9.17) is 14.4 Å². The zero-order valence-corrected chi connectivity index (χ0v) is 30.4. The van der Waals surface area contributed by atoms with Crippen LogP contribution in [0.3, 0.4) is 0 Å². The van der Waals surface area contributed by atoms with Gasteiger partial charge in [0.25, 0.3) is 0 Å². The van der Waals surface area contributed by atoms with Crippen LogP contribution in [0.4, 0.5) is 0 Å². The van der Waals surface area contributed by atoms with Crippen LogP contribution in [0.2, 0.25) is 0 Å². The van der Waals surface area contributed by atoms with Crippen LogP contribution in [-0.2, 0) is 0 Å². The number of aliphatic imine (C=N–C) groups is 2. The Bertz CT molecular complexity index is 3130. The minimum atomic E-state index is -0.0402. The molecule has 1 aliphatic rings. The topological polar surface area (TPSA) is 37.9 Å². The van der Waals surface area contributed by atoms with Crippen LogP contribution >= 0.6 is 0 Å². The van der Waals surface area contributed by atoms with Gasteiger partial charge >= 0.3 is 0 Å². The summed E-state index contributed by atoms with van der Waals surface area (Å²) < 4.78 is 6.52. The first-order valence-electron chi connectivity index (χ1n) is 19.2. The van der Waals surface area contributed by atoms with Crippen molar-refractivity contribution in [3.05, 3.63) is 193 Å². The molecule has 0 radical (unpaired) electrons. The molecule has 0 saturated heterocycles. The van der Waals surface area contributed by atoms with Crippen molar-refractivity contribution in [1.29, 1.82) is 0 Å². The van der Waals surface area contributed by atoms with Gasteiger partial charge in [0.05, 0.1) is 11.8 Å². The van der Waals surface area contributed by atoms with Crippen LogP contribution in [0.25, 0.3) is 76.5 Å². The van der Waals surface area contributed by atoms with Gasteiger partial charge in [0.1, 0.15) is 11.2 Å². The molecule has 1 unspecified atom stereocenters. The molecule has 0 bridgehead atoms. The van der Waals surface area contributed by atoms with Gasteiger partial charge in [0.15, 0.2) is 5.84 Å². The molecule has 0 aliphatic carbocycles. The summed E-state index contributed by atoms with van der Waals surface area (Å²) in [5, 5.41) is 9.87. The Morgan fingerprint density at radius 2 is 1.11 bits per heavy atom. The van der Waals surface area contributed by atoms with E-state index in [9.17, 15) is 0 Å². The molecule has 3 nitrogen and oxygen atoms in total. The third-order valence-electron chi connectivity index (χ3n) is 11.6. The highest BCUT2D eigenvalue weighted by molar-refractivity contribution is 6.33. The second-order valence-electron chi connectivity index (χ2n) is 14.8. The molecule has 10 aromatic rings. The van der Waals surface area contributed by atoms with Crippen LogP contribution in [0, 0.1) is 5.92 Å². The molecule has 0 saturated carbocycles. The lowest BCUT2D eigenvalue weighted by Crippen LogP contribution is -2.28. The predicted molar refractivity (Wildman–Crippen MR) is 231 cm³/mol. The highest BCUT2D eigenvalue weighted by Gasteiger charge is 2.32. The normalized spacial score (nSPS) is 16.0. The maximum Gasteiger partial charge on any atom is 0.155 e. The van der Waals surface area contributed by atoms with Crippen molar-refractivity contribution in [1.82, 2.24) is 0 Å². The molecule has 9 aromatic carbocycles. The van der Waals surface area contributed by atoms with E-state index in [2.05, 4.69) is 183 Å². The van der Waals surface area contributed by atoms with Crippen LogP contribution in [0.5, 0.6) is 0 Å². The van der Waals surface area contributed by atoms with Crippen LogP contribution in [0.1, 0.15) is 36.1 Å². The fourth-order valence-electron chi connectivity index (χ4n) is 8.93. The molecule has 260 valence electrons. The molecular weight excluding hydrogens is 669 g/mol. The monoisotopic (exact) mass is 704 g/mol. The van der Waals surface area contributed by atoms with Crippen molar-refractivity contribution < 1.29 is 4.42 Å². The number of hydrogen-bond donors (Lipinski definition) is 0. The van der Waals surface area contributed by atoms with Crippen molar-refractivity contribution in [2.24, 2.45) is 15.9 Å². The second-order valence-corrected chi connectivity index (χ2v) is 14.8. The Morgan fingerprint density at radius 1 is 0.455 bits per heavy atom. The average molecular weight is 705 g/mol. The van der Waals surface area contributed by atoms with E-state index in [1.807, 2.05) is 0 Å². The first-order valence-corrected chi connectivity index (χ1v) is 19.2. The molecule has 0 fully saturated rings. The molecule has 55 heavy (non-hydrogen) atoms. The fraction of sp³-hybridized carbons (Fsp3) is 0.0769. The van der Waals surface area contributed by atoms with E-state index in [0.29, 0.717) is 0 Å². The van der Waals surface area contributed by atoms with Crippen molar-refractivity contribution in [2.75, 3.05) is 0 Å². The molecule has 11 rings (SSSR count). The number of fused-ring (bicyclic) bond motifs is 4. The maximum absolute atomic E-state index is 6.52. The Morgan fingerprint density at radius 3 is 1.93 bits per heavy atom. The quantitative estimate of drug-likeness (QED) is 0.159. The van der Waals surface area contributed by atoms with Crippen molar-refractivity contribution >= 4 is 65.8 Å². The van der Waals surface area contributed by atoms with E-state index in [-0.39, 0.29) is 12.0 Å². The number of hydrogen-bond acceptors (Lipinski definition) is 3. The van der Waals surface area contributed by atoms with Gasteiger partial charge in [-0.25, -0.2) is 4.99 Å². The molecule has 3 heteroatoms. The summed E-state index contributed by atoms with van der Waals surface area (Å²) in [6.45, 7) is 2.25. The lowest BCUT2D eigenvalue weighted by atomic mass is 9.82. The maximum atomic E-state index is 6.52. The lowest BCUT2D eigenvalue weighted by Gasteiger charge is -2.30. The van der Waals surface area contributed by atoms with Crippen molar-refractivity contribution in [3.63, 3.8) is 0 Å². The molecule has 2 atom stereocenters. The molecule has 1 aromatic heterocycles. The molecule has 2 heterocycles. The first kappa shape index (κ1) is 31.7. The van der Waals surface area contributed by atoms with Gasteiger partial charge in [-0.05, 0) is 102 Å². The third-order valence-corrected chi connectivity index (χ3v) is 11.6. The summed E-state index contributed by atoms with van der Waals surface area (Å²) in [5.74, 6) is 0.941.